The number of carboxylic acid groups (broad SMARTS) is 1. The lowest BCUT2D eigenvalue weighted by Gasteiger charge is -2.23. The first-order valence-corrected chi connectivity index (χ1v) is 8.50. The molecular weight excluding hydrogens is 310 g/mol. The molecule has 2 N–H and O–H groups in total. The molecule has 1 amide bonds. The van der Waals surface area contributed by atoms with Gasteiger partial charge in [0.1, 0.15) is 0 Å². The Labute approximate surface area is 141 Å². The van der Waals surface area contributed by atoms with Gasteiger partial charge in [0.15, 0.2) is 0 Å². The molecule has 132 valence electrons. The maximum atomic E-state index is 12.0. The van der Waals surface area contributed by atoms with Crippen molar-refractivity contribution in [3.8, 4) is 0 Å². The van der Waals surface area contributed by atoms with Crippen LogP contribution >= 0.6 is 0 Å². The Kier molecular flexibility index (Phi) is 6.84. The van der Waals surface area contributed by atoms with E-state index in [1.54, 1.807) is 10.6 Å². The van der Waals surface area contributed by atoms with E-state index in [1.165, 1.54) is 12.8 Å². The van der Waals surface area contributed by atoms with Gasteiger partial charge in [-0.15, -0.1) is 0 Å². The summed E-state index contributed by atoms with van der Waals surface area (Å²) in [7, 11) is 0. The van der Waals surface area contributed by atoms with Gasteiger partial charge in [0.25, 0.3) is 5.56 Å². The van der Waals surface area contributed by atoms with Crippen molar-refractivity contribution < 1.29 is 14.7 Å². The van der Waals surface area contributed by atoms with Crippen LogP contribution < -0.4 is 15.8 Å². The number of nitrogens with one attached hydrogen (secondary N) is 1. The fourth-order valence-corrected chi connectivity index (χ4v) is 2.83. The lowest BCUT2D eigenvalue weighted by Crippen LogP contribution is -2.30. The SMILES string of the molecule is O=C(O)CCNC(=O)CCn1cc(N2CCCCCC2)ccc1=O. The van der Waals surface area contributed by atoms with Crippen LogP contribution in [-0.2, 0) is 16.1 Å². The van der Waals surface area contributed by atoms with Gasteiger partial charge < -0.3 is 19.9 Å². The molecule has 1 saturated heterocycles. The molecular formula is C17H25N3O4. The zero-order valence-electron chi connectivity index (χ0n) is 13.9. The Hall–Kier alpha value is -2.31. The number of amides is 1. The number of carbonyl (C=O) groups excluding carboxylic acids is 1. The second-order valence-electron chi connectivity index (χ2n) is 6.06. The van der Waals surface area contributed by atoms with Gasteiger partial charge in [-0.25, -0.2) is 0 Å². The fraction of sp³-hybridized carbons (Fsp3) is 0.588. The van der Waals surface area contributed by atoms with Crippen LogP contribution in [0.4, 0.5) is 5.69 Å². The number of aliphatic carboxylic acids is 1. The molecule has 0 spiro atoms. The number of aryl methyl sites for hydroxylation is 1. The minimum atomic E-state index is -0.948. The van der Waals surface area contributed by atoms with Gasteiger partial charge in [-0.1, -0.05) is 12.8 Å². The second-order valence-corrected chi connectivity index (χ2v) is 6.06. The first-order chi connectivity index (χ1) is 11.6. The molecule has 1 aliphatic rings. The molecule has 0 atom stereocenters. The molecule has 7 heteroatoms. The first kappa shape index (κ1) is 18.0. The summed E-state index contributed by atoms with van der Waals surface area (Å²) < 4.78 is 1.55. The van der Waals surface area contributed by atoms with Gasteiger partial charge in [-0.2, -0.15) is 0 Å². The van der Waals surface area contributed by atoms with Crippen LogP contribution in [0.5, 0.6) is 0 Å². The second kappa shape index (κ2) is 9.10. The summed E-state index contributed by atoms with van der Waals surface area (Å²) in [5, 5.41) is 11.1. The van der Waals surface area contributed by atoms with Crippen molar-refractivity contribution in [2.24, 2.45) is 0 Å². The van der Waals surface area contributed by atoms with Crippen LogP contribution in [0.25, 0.3) is 0 Å². The number of hydrogen-bond acceptors (Lipinski definition) is 4. The molecule has 0 aliphatic carbocycles. The summed E-state index contributed by atoms with van der Waals surface area (Å²) in [6, 6.07) is 3.39. The molecule has 1 aliphatic heterocycles. The Bertz CT molecular complexity index is 619. The number of rotatable bonds is 7. The van der Waals surface area contributed by atoms with E-state index in [0.717, 1.165) is 31.6 Å². The van der Waals surface area contributed by atoms with Crippen LogP contribution in [0.2, 0.25) is 0 Å². The van der Waals surface area contributed by atoms with Crippen LogP contribution in [0.1, 0.15) is 38.5 Å². The van der Waals surface area contributed by atoms with E-state index in [9.17, 15) is 14.4 Å². The molecule has 0 radical (unpaired) electrons. The number of pyridine rings is 1. The average Bonchev–Trinajstić information content (AvgIpc) is 2.83. The quantitative estimate of drug-likeness (QED) is 0.781. The molecule has 1 aromatic rings. The minimum absolute atomic E-state index is 0.101. The van der Waals surface area contributed by atoms with Crippen molar-refractivity contribution in [3.05, 3.63) is 28.7 Å². The van der Waals surface area contributed by atoms with Crippen molar-refractivity contribution in [3.63, 3.8) is 0 Å². The lowest BCUT2D eigenvalue weighted by molar-refractivity contribution is -0.136. The molecule has 2 rings (SSSR count). The van der Waals surface area contributed by atoms with Crippen LogP contribution in [0.15, 0.2) is 23.1 Å². The maximum absolute atomic E-state index is 12.0. The van der Waals surface area contributed by atoms with Gasteiger partial charge in [0.2, 0.25) is 5.91 Å². The van der Waals surface area contributed by atoms with E-state index < -0.39 is 5.97 Å². The van der Waals surface area contributed by atoms with Gasteiger partial charge in [0, 0.05) is 44.9 Å². The number of aromatic nitrogens is 1. The van der Waals surface area contributed by atoms with Gasteiger partial charge in [-0.05, 0) is 18.9 Å². The van der Waals surface area contributed by atoms with E-state index in [4.69, 9.17) is 5.11 Å². The Morgan fingerprint density at radius 3 is 2.46 bits per heavy atom. The topological polar surface area (TPSA) is 91.6 Å². The highest BCUT2D eigenvalue weighted by atomic mass is 16.4. The fourth-order valence-electron chi connectivity index (χ4n) is 2.83. The lowest BCUT2D eigenvalue weighted by atomic mass is 10.2. The average molecular weight is 335 g/mol. The molecule has 0 bridgehead atoms. The molecule has 0 aromatic carbocycles. The normalized spacial score (nSPS) is 14.9. The Morgan fingerprint density at radius 2 is 1.79 bits per heavy atom. The molecule has 0 unspecified atom stereocenters. The van der Waals surface area contributed by atoms with E-state index in [2.05, 4.69) is 10.2 Å². The van der Waals surface area contributed by atoms with Crippen LogP contribution in [0, 0.1) is 0 Å². The molecule has 2 heterocycles. The summed E-state index contributed by atoms with van der Waals surface area (Å²) in [6.45, 7) is 2.39. The number of carboxylic acids is 1. The summed E-state index contributed by atoms with van der Waals surface area (Å²) in [6.07, 6.45) is 6.67. The van der Waals surface area contributed by atoms with Crippen molar-refractivity contribution in [1.82, 2.24) is 9.88 Å². The summed E-state index contributed by atoms with van der Waals surface area (Å²) in [4.78, 5) is 36.4. The zero-order chi connectivity index (χ0) is 17.4. The Balaban J connectivity index is 1.92. The number of nitrogens with zero attached hydrogens (tertiary/aromatic N) is 2. The summed E-state index contributed by atoms with van der Waals surface area (Å²) in [5.41, 5.74) is 0.884. The van der Waals surface area contributed by atoms with E-state index in [0.29, 0.717) is 6.54 Å². The molecule has 1 aromatic heterocycles. The number of hydrogen-bond donors (Lipinski definition) is 2. The first-order valence-electron chi connectivity index (χ1n) is 8.50. The molecule has 24 heavy (non-hydrogen) atoms. The highest BCUT2D eigenvalue weighted by Crippen LogP contribution is 2.18. The van der Waals surface area contributed by atoms with Crippen molar-refractivity contribution in [1.29, 1.82) is 0 Å². The molecule has 1 fully saturated rings. The third-order valence-corrected chi connectivity index (χ3v) is 4.18. The number of anilines is 1. The standard InChI is InChI=1S/C17H25N3O4/c21-15(18-9-7-17(23)24)8-12-20-13-14(5-6-16(20)22)19-10-3-1-2-4-11-19/h5-6,13H,1-4,7-12H2,(H,18,21)(H,23,24). The third kappa shape index (κ3) is 5.72. The van der Waals surface area contributed by atoms with Gasteiger partial charge >= 0.3 is 5.97 Å². The van der Waals surface area contributed by atoms with Gasteiger partial charge in [-0.3, -0.25) is 14.4 Å². The summed E-state index contributed by atoms with van der Waals surface area (Å²) >= 11 is 0. The van der Waals surface area contributed by atoms with Crippen LogP contribution in [-0.4, -0.2) is 41.2 Å². The van der Waals surface area contributed by atoms with Crippen LogP contribution in [0.3, 0.4) is 0 Å². The monoisotopic (exact) mass is 335 g/mol. The van der Waals surface area contributed by atoms with Crippen molar-refractivity contribution in [2.75, 3.05) is 24.5 Å². The highest BCUT2D eigenvalue weighted by molar-refractivity contribution is 5.76. The highest BCUT2D eigenvalue weighted by Gasteiger charge is 2.11. The smallest absolute Gasteiger partial charge is 0.305 e. The van der Waals surface area contributed by atoms with E-state index in [1.807, 2.05) is 12.3 Å². The Morgan fingerprint density at radius 1 is 1.08 bits per heavy atom. The predicted molar refractivity (Wildman–Crippen MR) is 91.3 cm³/mol. The van der Waals surface area contributed by atoms with Crippen molar-refractivity contribution >= 4 is 17.6 Å². The maximum Gasteiger partial charge on any atom is 0.305 e. The predicted octanol–water partition coefficient (Wildman–Crippen LogP) is 1.21. The minimum Gasteiger partial charge on any atom is -0.481 e. The molecule has 0 saturated carbocycles. The van der Waals surface area contributed by atoms with E-state index >= 15 is 0 Å². The van der Waals surface area contributed by atoms with E-state index in [-0.39, 0.29) is 30.9 Å². The number of carbonyl (C=O) groups is 2. The van der Waals surface area contributed by atoms with Gasteiger partial charge in [0.05, 0.1) is 12.1 Å². The summed E-state index contributed by atoms with van der Waals surface area (Å²) in [5.74, 6) is -1.19. The molecule has 7 nitrogen and oxygen atoms in total. The van der Waals surface area contributed by atoms with Crippen molar-refractivity contribution in [2.45, 2.75) is 45.1 Å². The zero-order valence-corrected chi connectivity index (χ0v) is 13.9. The third-order valence-electron chi connectivity index (χ3n) is 4.18. The largest absolute Gasteiger partial charge is 0.481 e.